The minimum Gasteiger partial charge on any atom is -0.322 e. The zero-order chi connectivity index (χ0) is 17.8. The number of benzene rings is 2. The highest BCUT2D eigenvalue weighted by atomic mass is 16.6. The first-order valence-corrected chi connectivity index (χ1v) is 8.05. The summed E-state index contributed by atoms with van der Waals surface area (Å²) < 4.78 is 0. The number of hydrogen-bond acceptors (Lipinski definition) is 4. The molecular weight excluding hydrogens is 318 g/mol. The van der Waals surface area contributed by atoms with E-state index in [0.29, 0.717) is 5.69 Å². The zero-order valence-corrected chi connectivity index (χ0v) is 13.9. The molecule has 6 heteroatoms. The molecule has 1 aliphatic rings. The lowest BCUT2D eigenvalue weighted by Crippen LogP contribution is -2.26. The van der Waals surface area contributed by atoms with Crippen molar-refractivity contribution in [2.45, 2.75) is 13.0 Å². The molecule has 0 unspecified atom stereocenters. The number of nitrogens with one attached hydrogen (secondary N) is 1. The molecule has 2 aromatic carbocycles. The van der Waals surface area contributed by atoms with Crippen molar-refractivity contribution in [2.24, 2.45) is 0 Å². The number of amides is 1. The van der Waals surface area contributed by atoms with Gasteiger partial charge in [-0.15, -0.1) is 0 Å². The van der Waals surface area contributed by atoms with Crippen LogP contribution >= 0.6 is 0 Å². The lowest BCUT2D eigenvalue weighted by atomic mass is 9.97. The van der Waals surface area contributed by atoms with Crippen molar-refractivity contribution in [3.63, 3.8) is 0 Å². The van der Waals surface area contributed by atoms with Gasteiger partial charge in [0.2, 0.25) is 5.91 Å². The number of nitrogens with zero attached hydrogens (tertiary/aromatic N) is 2. The van der Waals surface area contributed by atoms with Gasteiger partial charge in [0.1, 0.15) is 0 Å². The molecule has 0 atom stereocenters. The van der Waals surface area contributed by atoms with Gasteiger partial charge in [-0.1, -0.05) is 24.3 Å². The smallest absolute Gasteiger partial charge is 0.271 e. The van der Waals surface area contributed by atoms with Crippen LogP contribution in [0.4, 0.5) is 11.4 Å². The molecule has 0 radical (unpaired) electrons. The Morgan fingerprint density at radius 2 is 2.08 bits per heavy atom. The maximum absolute atomic E-state index is 12.0. The van der Waals surface area contributed by atoms with Crippen LogP contribution in [0.2, 0.25) is 0 Å². The average Bonchev–Trinajstić information content (AvgIpc) is 2.59. The summed E-state index contributed by atoms with van der Waals surface area (Å²) in [5.74, 6) is -0.324. The Labute approximate surface area is 145 Å². The fraction of sp³-hybridized carbons (Fsp3) is 0.211. The van der Waals surface area contributed by atoms with E-state index in [4.69, 9.17) is 0 Å². The summed E-state index contributed by atoms with van der Waals surface area (Å²) in [5, 5.41) is 13.4. The van der Waals surface area contributed by atoms with Crippen molar-refractivity contribution < 1.29 is 9.72 Å². The molecule has 1 aliphatic heterocycles. The Kier molecular flexibility index (Phi) is 4.90. The van der Waals surface area contributed by atoms with Crippen LogP contribution in [-0.4, -0.2) is 29.3 Å². The Balaban J connectivity index is 1.68. The van der Waals surface area contributed by atoms with Crippen LogP contribution in [-0.2, 0) is 17.8 Å². The van der Waals surface area contributed by atoms with Crippen molar-refractivity contribution in [1.29, 1.82) is 0 Å². The first kappa shape index (κ1) is 16.9. The summed E-state index contributed by atoms with van der Waals surface area (Å²) in [6, 6.07) is 12.1. The number of likely N-dealkylation sites (N-methyl/N-ethyl adjacent to an activating group) is 1. The van der Waals surface area contributed by atoms with E-state index >= 15 is 0 Å². The summed E-state index contributed by atoms with van der Waals surface area (Å²) in [6.45, 7) is 1.98. The monoisotopic (exact) mass is 337 g/mol. The van der Waals surface area contributed by atoms with Crippen LogP contribution in [0, 0.1) is 10.1 Å². The second-order valence-electron chi connectivity index (χ2n) is 6.15. The number of hydrogen-bond donors (Lipinski definition) is 1. The molecule has 0 fully saturated rings. The van der Waals surface area contributed by atoms with Crippen molar-refractivity contribution in [1.82, 2.24) is 4.90 Å². The number of carbonyl (C=O) groups is 1. The third kappa shape index (κ3) is 4.30. The molecule has 0 bridgehead atoms. The third-order valence-corrected chi connectivity index (χ3v) is 4.19. The van der Waals surface area contributed by atoms with Crippen molar-refractivity contribution in [2.75, 3.05) is 18.9 Å². The number of nitro benzene ring substituents is 1. The molecule has 1 heterocycles. The van der Waals surface area contributed by atoms with E-state index in [-0.39, 0.29) is 11.6 Å². The molecule has 25 heavy (non-hydrogen) atoms. The molecule has 0 spiro atoms. The highest BCUT2D eigenvalue weighted by Gasteiger charge is 2.12. The topological polar surface area (TPSA) is 75.5 Å². The van der Waals surface area contributed by atoms with Gasteiger partial charge in [0, 0.05) is 37.0 Å². The van der Waals surface area contributed by atoms with Crippen molar-refractivity contribution in [3.05, 3.63) is 75.3 Å². The molecule has 3 rings (SSSR count). The van der Waals surface area contributed by atoms with Crippen molar-refractivity contribution in [3.8, 4) is 0 Å². The minimum atomic E-state index is -0.490. The molecule has 1 N–H and O–H groups in total. The Morgan fingerprint density at radius 1 is 1.24 bits per heavy atom. The molecule has 0 saturated heterocycles. The van der Waals surface area contributed by atoms with Crippen LogP contribution in [0.15, 0.2) is 48.5 Å². The van der Waals surface area contributed by atoms with Crippen LogP contribution in [0.25, 0.3) is 6.08 Å². The Bertz CT molecular complexity index is 846. The first-order valence-electron chi connectivity index (χ1n) is 8.05. The molecule has 1 amide bonds. The van der Waals surface area contributed by atoms with Gasteiger partial charge in [-0.2, -0.15) is 0 Å². The predicted molar refractivity (Wildman–Crippen MR) is 97.2 cm³/mol. The van der Waals surface area contributed by atoms with E-state index in [9.17, 15) is 14.9 Å². The number of non-ortho nitro benzene ring substituents is 1. The van der Waals surface area contributed by atoms with E-state index in [0.717, 1.165) is 25.1 Å². The minimum absolute atomic E-state index is 0.0550. The van der Waals surface area contributed by atoms with E-state index < -0.39 is 4.92 Å². The summed E-state index contributed by atoms with van der Waals surface area (Å²) in [5.41, 5.74) is 3.95. The van der Waals surface area contributed by atoms with Gasteiger partial charge in [-0.3, -0.25) is 14.9 Å². The van der Waals surface area contributed by atoms with E-state index in [1.807, 2.05) is 6.07 Å². The van der Waals surface area contributed by atoms with Gasteiger partial charge in [0.25, 0.3) is 5.69 Å². The first-order chi connectivity index (χ1) is 12.0. The number of rotatable bonds is 4. The van der Waals surface area contributed by atoms with E-state index in [1.54, 1.807) is 12.1 Å². The fourth-order valence-corrected chi connectivity index (χ4v) is 2.87. The fourth-order valence-electron chi connectivity index (χ4n) is 2.87. The van der Waals surface area contributed by atoms with Crippen LogP contribution in [0.3, 0.4) is 0 Å². The third-order valence-electron chi connectivity index (χ3n) is 4.19. The van der Waals surface area contributed by atoms with Crippen LogP contribution in [0.1, 0.15) is 16.7 Å². The number of carbonyl (C=O) groups excluding carboxylic acids is 1. The highest BCUT2D eigenvalue weighted by Crippen LogP contribution is 2.20. The molecule has 6 nitrogen and oxygen atoms in total. The summed E-state index contributed by atoms with van der Waals surface area (Å²) >= 11 is 0. The second kappa shape index (κ2) is 7.27. The average molecular weight is 337 g/mol. The standard InChI is InChI=1S/C19H19N3O3/c1-21-10-9-15-7-5-14(11-16(15)13-21)6-8-19(23)20-17-3-2-4-18(12-17)22(24)25/h2-8,11-12H,9-10,13H2,1H3,(H,20,23). The predicted octanol–water partition coefficient (Wildman–Crippen LogP) is 3.23. The zero-order valence-electron chi connectivity index (χ0n) is 13.9. The second-order valence-corrected chi connectivity index (χ2v) is 6.15. The summed E-state index contributed by atoms with van der Waals surface area (Å²) in [6.07, 6.45) is 4.23. The molecule has 0 aromatic heterocycles. The van der Waals surface area contributed by atoms with Gasteiger partial charge < -0.3 is 10.2 Å². The molecule has 2 aromatic rings. The van der Waals surface area contributed by atoms with Gasteiger partial charge in [0.05, 0.1) is 4.92 Å². The quantitative estimate of drug-likeness (QED) is 0.528. The summed E-state index contributed by atoms with van der Waals surface area (Å²) in [4.78, 5) is 24.6. The molecule has 0 saturated carbocycles. The normalized spacial score (nSPS) is 14.3. The van der Waals surface area contributed by atoms with Crippen molar-refractivity contribution >= 4 is 23.4 Å². The maximum atomic E-state index is 12.0. The van der Waals surface area contributed by atoms with Gasteiger partial charge in [-0.25, -0.2) is 0 Å². The SMILES string of the molecule is CN1CCc2ccc(C=CC(=O)Nc3cccc([N+](=O)[O-])c3)cc2C1. The lowest BCUT2D eigenvalue weighted by Gasteiger charge is -2.25. The Morgan fingerprint density at radius 3 is 2.88 bits per heavy atom. The number of nitro groups is 1. The number of fused-ring (bicyclic) bond motifs is 1. The van der Waals surface area contributed by atoms with Gasteiger partial charge in [-0.05, 0) is 42.3 Å². The van der Waals surface area contributed by atoms with E-state index in [2.05, 4.69) is 29.4 Å². The highest BCUT2D eigenvalue weighted by molar-refractivity contribution is 6.02. The largest absolute Gasteiger partial charge is 0.322 e. The van der Waals surface area contributed by atoms with Crippen LogP contribution < -0.4 is 5.32 Å². The summed E-state index contributed by atoms with van der Waals surface area (Å²) in [7, 11) is 2.10. The number of anilines is 1. The van der Waals surface area contributed by atoms with Crippen LogP contribution in [0.5, 0.6) is 0 Å². The van der Waals surface area contributed by atoms with Gasteiger partial charge >= 0.3 is 0 Å². The molecular formula is C19H19N3O3. The maximum Gasteiger partial charge on any atom is 0.271 e. The Hall–Kier alpha value is -2.99. The van der Waals surface area contributed by atoms with E-state index in [1.165, 1.54) is 35.4 Å². The molecule has 128 valence electrons. The molecule has 0 aliphatic carbocycles. The lowest BCUT2D eigenvalue weighted by molar-refractivity contribution is -0.384. The van der Waals surface area contributed by atoms with Gasteiger partial charge in [0.15, 0.2) is 0 Å².